The predicted molar refractivity (Wildman–Crippen MR) is 71.3 cm³/mol. The Balaban J connectivity index is 2.55. The number of furan rings is 1. The molecule has 88 valence electrons. The molecular weight excluding hydrogens is 213 g/mol. The Morgan fingerprint density at radius 1 is 1.25 bits per heavy atom. The van der Waals surface area contributed by atoms with E-state index in [-0.39, 0.29) is 0 Å². The number of rotatable bonds is 6. The fourth-order valence-corrected chi connectivity index (χ4v) is 4.82. The topological polar surface area (TPSA) is 25.5 Å². The van der Waals surface area contributed by atoms with Gasteiger partial charge in [0.2, 0.25) is 0 Å². The third kappa shape index (κ3) is 5.53. The smallest absolute Gasteiger partial charge is 0.436 e. The minimum absolute atomic E-state index is 0.754. The summed E-state index contributed by atoms with van der Waals surface area (Å²) < 4.78 is 10.0. The molecule has 0 amide bonds. The Hall–Kier alpha value is -0.518. The average molecular weight is 235 g/mol. The maximum Gasteiger partial charge on any atom is 0.436 e. The Morgan fingerprint density at radius 3 is 2.31 bits per heavy atom. The molecule has 0 saturated heterocycles. The van der Waals surface area contributed by atoms with E-state index in [2.05, 4.69) is 27.7 Å². The van der Waals surface area contributed by atoms with Crippen molar-refractivity contribution in [2.75, 3.05) is 0 Å². The third-order valence-corrected chi connectivity index (χ3v) is 5.99. The van der Waals surface area contributed by atoms with Gasteiger partial charge < -0.3 is 8.39 Å². The van der Waals surface area contributed by atoms with Crippen molar-refractivity contribution in [2.24, 2.45) is 15.8 Å². The van der Waals surface area contributed by atoms with Crippen LogP contribution in [-0.4, -0.2) is 20.6 Å². The van der Waals surface area contributed by atoms with E-state index in [1.165, 1.54) is 10.6 Å². The van der Waals surface area contributed by atoms with E-state index in [4.69, 9.17) is 8.39 Å². The van der Waals surface area contributed by atoms with Crippen LogP contribution in [0.1, 0.15) is 33.5 Å². The van der Waals surface area contributed by atoms with Crippen molar-refractivity contribution in [2.45, 2.75) is 38.3 Å². The van der Waals surface area contributed by atoms with Gasteiger partial charge in [0, 0.05) is 6.21 Å². The van der Waals surface area contributed by atoms with Gasteiger partial charge in [-0.15, -0.1) is 0 Å². The van der Waals surface area contributed by atoms with Gasteiger partial charge in [0.05, 0.1) is 6.26 Å². The fourth-order valence-electron chi connectivity index (χ4n) is 1.85. The molecule has 1 rings (SSSR count). The molecule has 0 radical (unpaired) electrons. The lowest BCUT2D eigenvalue weighted by Crippen LogP contribution is -2.15. The molecule has 0 aliphatic heterocycles. The Labute approximate surface area is 103 Å². The van der Waals surface area contributed by atoms with Crippen LogP contribution in [0.2, 0.25) is 10.6 Å². The van der Waals surface area contributed by atoms with Crippen LogP contribution in [0.5, 0.6) is 0 Å². The van der Waals surface area contributed by atoms with Crippen molar-refractivity contribution < 1.29 is 4.42 Å². The van der Waals surface area contributed by atoms with Gasteiger partial charge in [0.1, 0.15) is 5.76 Å². The van der Waals surface area contributed by atoms with Gasteiger partial charge in [-0.2, -0.15) is 0 Å². The van der Waals surface area contributed by atoms with E-state index in [1.54, 1.807) is 6.26 Å². The van der Waals surface area contributed by atoms with E-state index >= 15 is 0 Å². The van der Waals surface area contributed by atoms with Gasteiger partial charge in [0.15, 0.2) is 0 Å². The lowest BCUT2D eigenvalue weighted by atomic mass is 10.3. The lowest BCUT2D eigenvalue weighted by Gasteiger charge is -2.11. The highest BCUT2D eigenvalue weighted by molar-refractivity contribution is 6.58. The summed E-state index contributed by atoms with van der Waals surface area (Å²) in [4.78, 5) is 0. The molecule has 1 aromatic rings. The average Bonchev–Trinajstić information content (AvgIpc) is 2.64. The number of hydrogen-bond donors (Lipinski definition) is 0. The van der Waals surface area contributed by atoms with Crippen molar-refractivity contribution in [1.29, 1.82) is 0 Å². The molecule has 1 aromatic heterocycles. The maximum atomic E-state index is 5.27. The summed E-state index contributed by atoms with van der Waals surface area (Å²) in [6.07, 6.45) is 3.62. The molecule has 0 aliphatic rings. The largest absolute Gasteiger partial charge is 0.464 e. The SMILES string of the molecule is CC(C)[CH2][Al]([CH2]C(C)C)/[N]=C/c1ccco1. The van der Waals surface area contributed by atoms with E-state index in [1.807, 2.05) is 18.3 Å². The van der Waals surface area contributed by atoms with E-state index in [0.29, 0.717) is 0 Å². The number of hydrogen-bond acceptors (Lipinski definition) is 2. The van der Waals surface area contributed by atoms with Crippen LogP contribution < -0.4 is 0 Å². The van der Waals surface area contributed by atoms with Gasteiger partial charge in [-0.3, -0.25) is 0 Å². The summed E-state index contributed by atoms with van der Waals surface area (Å²) in [6.45, 7) is 9.12. The van der Waals surface area contributed by atoms with Crippen molar-refractivity contribution in [3.63, 3.8) is 0 Å². The second-order valence-corrected chi connectivity index (χ2v) is 7.76. The van der Waals surface area contributed by atoms with E-state index < -0.39 is 14.4 Å². The zero-order chi connectivity index (χ0) is 12.0. The highest BCUT2D eigenvalue weighted by atomic mass is 27.2. The van der Waals surface area contributed by atoms with E-state index in [9.17, 15) is 0 Å². The predicted octanol–water partition coefficient (Wildman–Crippen LogP) is 4.00. The summed E-state index contributed by atoms with van der Waals surface area (Å²) in [7, 11) is 0. The summed E-state index contributed by atoms with van der Waals surface area (Å²) in [5, 5.41) is 2.57. The van der Waals surface area contributed by atoms with Crippen LogP contribution >= 0.6 is 0 Å². The van der Waals surface area contributed by atoms with Crippen LogP contribution in [0.25, 0.3) is 0 Å². The summed E-state index contributed by atoms with van der Waals surface area (Å²) in [5.41, 5.74) is 0. The normalized spacial score (nSPS) is 11.9. The number of nitrogens with zero attached hydrogens (tertiary/aromatic N) is 1. The Morgan fingerprint density at radius 2 is 1.88 bits per heavy atom. The van der Waals surface area contributed by atoms with Crippen molar-refractivity contribution in [3.8, 4) is 0 Å². The third-order valence-electron chi connectivity index (χ3n) is 2.44. The van der Waals surface area contributed by atoms with Crippen LogP contribution in [0, 0.1) is 11.8 Å². The molecule has 0 aromatic carbocycles. The Bertz CT molecular complexity index is 294. The zero-order valence-electron chi connectivity index (χ0n) is 10.8. The molecule has 0 unspecified atom stereocenters. The van der Waals surface area contributed by atoms with Crippen molar-refractivity contribution in [1.82, 2.24) is 0 Å². The van der Waals surface area contributed by atoms with Crippen LogP contribution in [0.4, 0.5) is 0 Å². The molecule has 1 heterocycles. The second-order valence-electron chi connectivity index (χ2n) is 5.21. The highest BCUT2D eigenvalue weighted by Gasteiger charge is 2.20. The monoisotopic (exact) mass is 235 g/mol. The van der Waals surface area contributed by atoms with Gasteiger partial charge >= 0.3 is 14.4 Å². The molecule has 0 bridgehead atoms. The molecule has 16 heavy (non-hydrogen) atoms. The highest BCUT2D eigenvalue weighted by Crippen LogP contribution is 2.15. The molecule has 0 saturated carbocycles. The Kier molecular flexibility index (Phi) is 5.87. The van der Waals surface area contributed by atoms with Gasteiger partial charge in [-0.05, 0) is 12.1 Å². The quantitative estimate of drug-likeness (QED) is 0.540. The standard InChI is InChI=1S/C5H4NO.2C4H9.Al/c6-4-5-2-1-3-7-5;2*1-4(2)3;/h1-4H;2*4H,1H2,2-3H3;/q-1;;;+1. The first-order valence-electron chi connectivity index (χ1n) is 6.14. The van der Waals surface area contributed by atoms with Crippen LogP contribution in [0.3, 0.4) is 0 Å². The molecule has 0 fully saturated rings. The first kappa shape index (κ1) is 13.5. The molecular formula is C13H22AlNO. The first-order chi connectivity index (χ1) is 7.58. The summed E-state index contributed by atoms with van der Waals surface area (Å²) in [5.74, 6) is 2.39. The molecule has 0 aliphatic carbocycles. The van der Waals surface area contributed by atoms with Gasteiger partial charge in [0.25, 0.3) is 0 Å². The van der Waals surface area contributed by atoms with Gasteiger partial charge in [-0.1, -0.05) is 50.1 Å². The lowest BCUT2D eigenvalue weighted by molar-refractivity contribution is 0.560. The summed E-state index contributed by atoms with van der Waals surface area (Å²) in [6, 6.07) is 3.86. The minimum atomic E-state index is -0.985. The summed E-state index contributed by atoms with van der Waals surface area (Å²) >= 11 is -0.985. The molecule has 0 atom stereocenters. The molecule has 3 heteroatoms. The minimum Gasteiger partial charge on any atom is -0.464 e. The van der Waals surface area contributed by atoms with E-state index in [0.717, 1.165) is 17.6 Å². The second kappa shape index (κ2) is 6.94. The van der Waals surface area contributed by atoms with Crippen molar-refractivity contribution in [3.05, 3.63) is 24.2 Å². The zero-order valence-corrected chi connectivity index (χ0v) is 12.0. The molecule has 0 N–H and O–H groups in total. The fraction of sp³-hybridized carbons (Fsp3) is 0.615. The van der Waals surface area contributed by atoms with Crippen LogP contribution in [-0.2, 0) is 0 Å². The van der Waals surface area contributed by atoms with Crippen molar-refractivity contribution >= 4 is 20.6 Å². The van der Waals surface area contributed by atoms with Gasteiger partial charge in [-0.25, -0.2) is 0 Å². The molecule has 2 nitrogen and oxygen atoms in total. The van der Waals surface area contributed by atoms with Crippen LogP contribution in [0.15, 0.2) is 26.8 Å². The molecule has 0 spiro atoms. The first-order valence-corrected chi connectivity index (χ1v) is 8.29. The maximum absolute atomic E-state index is 5.27.